The van der Waals surface area contributed by atoms with Gasteiger partial charge in [0.2, 0.25) is 5.89 Å². The van der Waals surface area contributed by atoms with Gasteiger partial charge >= 0.3 is 0 Å². The normalized spacial score (nSPS) is 18.7. The van der Waals surface area contributed by atoms with Gasteiger partial charge in [0.05, 0.1) is 13.1 Å². The SMILES string of the molecule is Cc1cccc(C2CCCCN2Cc2noc(CN)n2)c1C.Cl. The van der Waals surface area contributed by atoms with Crippen LogP contribution in [0.3, 0.4) is 0 Å². The van der Waals surface area contributed by atoms with Crippen LogP contribution in [0, 0.1) is 13.8 Å². The van der Waals surface area contributed by atoms with Crippen LogP contribution < -0.4 is 5.73 Å². The molecule has 0 spiro atoms. The third-order valence-electron chi connectivity index (χ3n) is 4.65. The topological polar surface area (TPSA) is 68.2 Å². The van der Waals surface area contributed by atoms with Crippen LogP contribution in [0.25, 0.3) is 0 Å². The van der Waals surface area contributed by atoms with Crippen molar-refractivity contribution in [1.29, 1.82) is 0 Å². The lowest BCUT2D eigenvalue weighted by atomic mass is 9.90. The number of hydrogen-bond donors (Lipinski definition) is 1. The molecule has 1 atom stereocenters. The summed E-state index contributed by atoms with van der Waals surface area (Å²) in [5.41, 5.74) is 9.73. The first kappa shape index (κ1) is 17.9. The molecule has 1 aliphatic rings. The molecule has 2 heterocycles. The highest BCUT2D eigenvalue weighted by molar-refractivity contribution is 5.85. The first-order chi connectivity index (χ1) is 10.7. The van der Waals surface area contributed by atoms with Gasteiger partial charge in [0.15, 0.2) is 5.82 Å². The number of hydrogen-bond acceptors (Lipinski definition) is 5. The van der Waals surface area contributed by atoms with Crippen molar-refractivity contribution < 1.29 is 4.52 Å². The molecule has 0 saturated carbocycles. The van der Waals surface area contributed by atoms with Crippen LogP contribution in [0.4, 0.5) is 0 Å². The molecule has 1 unspecified atom stereocenters. The van der Waals surface area contributed by atoms with E-state index < -0.39 is 0 Å². The van der Waals surface area contributed by atoms with Crippen LogP contribution in [-0.2, 0) is 13.1 Å². The monoisotopic (exact) mass is 336 g/mol. The van der Waals surface area contributed by atoms with Crippen molar-refractivity contribution in [2.24, 2.45) is 5.73 Å². The molecule has 1 aromatic carbocycles. The van der Waals surface area contributed by atoms with Crippen molar-refractivity contribution in [1.82, 2.24) is 15.0 Å². The van der Waals surface area contributed by atoms with Crippen LogP contribution in [0.15, 0.2) is 22.7 Å². The lowest BCUT2D eigenvalue weighted by Gasteiger charge is -2.36. The van der Waals surface area contributed by atoms with Gasteiger partial charge in [-0.1, -0.05) is 29.8 Å². The number of rotatable bonds is 4. The molecular weight excluding hydrogens is 312 g/mol. The summed E-state index contributed by atoms with van der Waals surface area (Å²) < 4.78 is 5.13. The fourth-order valence-electron chi connectivity index (χ4n) is 3.29. The quantitative estimate of drug-likeness (QED) is 0.927. The van der Waals surface area contributed by atoms with Crippen molar-refractivity contribution in [3.8, 4) is 0 Å². The van der Waals surface area contributed by atoms with Crippen LogP contribution in [0.2, 0.25) is 0 Å². The minimum absolute atomic E-state index is 0. The Labute approximate surface area is 143 Å². The van der Waals surface area contributed by atoms with Crippen LogP contribution in [-0.4, -0.2) is 21.6 Å². The average Bonchev–Trinajstić information content (AvgIpc) is 2.99. The zero-order chi connectivity index (χ0) is 15.5. The van der Waals surface area contributed by atoms with E-state index in [1.807, 2.05) is 0 Å². The molecule has 1 fully saturated rings. The van der Waals surface area contributed by atoms with Crippen molar-refractivity contribution in [2.45, 2.75) is 52.2 Å². The second kappa shape index (κ2) is 7.90. The molecule has 6 heteroatoms. The van der Waals surface area contributed by atoms with Gasteiger partial charge < -0.3 is 10.3 Å². The van der Waals surface area contributed by atoms with Crippen molar-refractivity contribution in [2.75, 3.05) is 6.54 Å². The van der Waals surface area contributed by atoms with E-state index in [0.29, 0.717) is 18.5 Å². The summed E-state index contributed by atoms with van der Waals surface area (Å²) in [5, 5.41) is 4.04. The van der Waals surface area contributed by atoms with E-state index >= 15 is 0 Å². The number of benzene rings is 1. The molecule has 0 radical (unpaired) electrons. The van der Waals surface area contributed by atoms with Gasteiger partial charge in [-0.05, 0) is 49.9 Å². The second-order valence-corrected chi connectivity index (χ2v) is 6.08. The summed E-state index contributed by atoms with van der Waals surface area (Å²) in [7, 11) is 0. The molecule has 3 rings (SSSR count). The first-order valence-electron chi connectivity index (χ1n) is 8.00. The van der Waals surface area contributed by atoms with E-state index in [4.69, 9.17) is 10.3 Å². The lowest BCUT2D eigenvalue weighted by molar-refractivity contribution is 0.135. The molecule has 5 nitrogen and oxygen atoms in total. The van der Waals surface area contributed by atoms with E-state index in [9.17, 15) is 0 Å². The molecule has 23 heavy (non-hydrogen) atoms. The molecule has 2 N–H and O–H groups in total. The number of halogens is 1. The van der Waals surface area contributed by atoms with E-state index in [-0.39, 0.29) is 12.4 Å². The standard InChI is InChI=1S/C17H24N4O.ClH/c1-12-6-5-7-14(13(12)2)15-8-3-4-9-21(15)11-16-19-17(10-18)22-20-16;/h5-7,15H,3-4,8-11,18H2,1-2H3;1H. The minimum atomic E-state index is 0. The summed E-state index contributed by atoms with van der Waals surface area (Å²) >= 11 is 0. The Morgan fingerprint density at radius 3 is 2.87 bits per heavy atom. The summed E-state index contributed by atoms with van der Waals surface area (Å²) in [6.45, 7) is 6.50. The maximum atomic E-state index is 5.54. The van der Waals surface area contributed by atoms with Gasteiger partial charge in [0.1, 0.15) is 0 Å². The molecule has 0 bridgehead atoms. The number of nitrogens with two attached hydrogens (primary N) is 1. The average molecular weight is 337 g/mol. The van der Waals surface area contributed by atoms with E-state index in [1.165, 1.54) is 36.0 Å². The number of piperidine rings is 1. The number of nitrogens with zero attached hydrogens (tertiary/aromatic N) is 3. The van der Waals surface area contributed by atoms with Gasteiger partial charge in [-0.2, -0.15) is 4.98 Å². The van der Waals surface area contributed by atoms with E-state index in [1.54, 1.807) is 0 Å². The Balaban J connectivity index is 0.00000192. The number of aromatic nitrogens is 2. The van der Waals surface area contributed by atoms with E-state index in [2.05, 4.69) is 47.1 Å². The predicted octanol–water partition coefficient (Wildman–Crippen LogP) is 3.29. The maximum absolute atomic E-state index is 5.54. The van der Waals surface area contributed by atoms with Gasteiger partial charge in [-0.15, -0.1) is 12.4 Å². The summed E-state index contributed by atoms with van der Waals surface area (Å²) in [4.78, 5) is 6.82. The van der Waals surface area contributed by atoms with Gasteiger partial charge in [0.25, 0.3) is 0 Å². The Bertz CT molecular complexity index is 643. The third-order valence-corrected chi connectivity index (χ3v) is 4.65. The van der Waals surface area contributed by atoms with Gasteiger partial charge in [-0.25, -0.2) is 0 Å². The number of aryl methyl sites for hydroxylation is 1. The van der Waals surface area contributed by atoms with Crippen molar-refractivity contribution >= 4 is 12.4 Å². The van der Waals surface area contributed by atoms with Crippen molar-refractivity contribution in [3.63, 3.8) is 0 Å². The summed E-state index contributed by atoms with van der Waals surface area (Å²) in [5.74, 6) is 1.24. The molecule has 0 aliphatic carbocycles. The number of likely N-dealkylation sites (tertiary alicyclic amines) is 1. The Morgan fingerprint density at radius 1 is 1.30 bits per heavy atom. The fraction of sp³-hybridized carbons (Fsp3) is 0.529. The molecular formula is C17H25ClN4O. The first-order valence-corrected chi connectivity index (χ1v) is 8.00. The van der Waals surface area contributed by atoms with Crippen LogP contribution in [0.1, 0.15) is 53.7 Å². The predicted molar refractivity (Wildman–Crippen MR) is 92.4 cm³/mol. The van der Waals surface area contributed by atoms with Crippen LogP contribution >= 0.6 is 12.4 Å². The smallest absolute Gasteiger partial charge is 0.240 e. The molecule has 126 valence electrons. The van der Waals surface area contributed by atoms with Crippen molar-refractivity contribution in [3.05, 3.63) is 46.6 Å². The van der Waals surface area contributed by atoms with E-state index in [0.717, 1.165) is 18.9 Å². The minimum Gasteiger partial charge on any atom is -0.338 e. The Morgan fingerprint density at radius 2 is 2.13 bits per heavy atom. The lowest BCUT2D eigenvalue weighted by Crippen LogP contribution is -2.33. The largest absolute Gasteiger partial charge is 0.338 e. The third kappa shape index (κ3) is 3.91. The highest BCUT2D eigenvalue weighted by Crippen LogP contribution is 2.34. The van der Waals surface area contributed by atoms with Gasteiger partial charge in [0, 0.05) is 6.04 Å². The Kier molecular flexibility index (Phi) is 6.16. The highest BCUT2D eigenvalue weighted by atomic mass is 35.5. The highest BCUT2D eigenvalue weighted by Gasteiger charge is 2.26. The fourth-order valence-corrected chi connectivity index (χ4v) is 3.29. The zero-order valence-electron chi connectivity index (χ0n) is 13.8. The summed E-state index contributed by atoms with van der Waals surface area (Å²) in [6.07, 6.45) is 3.68. The van der Waals surface area contributed by atoms with Crippen LogP contribution in [0.5, 0.6) is 0 Å². The zero-order valence-corrected chi connectivity index (χ0v) is 14.6. The molecule has 1 aliphatic heterocycles. The second-order valence-electron chi connectivity index (χ2n) is 6.08. The molecule has 2 aromatic rings. The van der Waals surface area contributed by atoms with Gasteiger partial charge in [-0.3, -0.25) is 4.90 Å². The Hall–Kier alpha value is -1.43. The molecule has 1 saturated heterocycles. The molecule has 0 amide bonds. The summed E-state index contributed by atoms with van der Waals surface area (Å²) in [6, 6.07) is 7.03. The molecule has 1 aromatic heterocycles. The maximum Gasteiger partial charge on any atom is 0.240 e.